The van der Waals surface area contributed by atoms with Gasteiger partial charge >= 0.3 is 11.9 Å². The lowest BCUT2D eigenvalue weighted by molar-refractivity contribution is -0.140. The summed E-state index contributed by atoms with van der Waals surface area (Å²) in [5.41, 5.74) is 0.923. The predicted molar refractivity (Wildman–Crippen MR) is 77.1 cm³/mol. The molecule has 0 bridgehead atoms. The van der Waals surface area contributed by atoms with Crippen LogP contribution < -0.4 is 0 Å². The maximum Gasteiger partial charge on any atom is 0.334 e. The molecule has 0 spiro atoms. The lowest BCUT2D eigenvalue weighted by atomic mass is 9.82. The second-order valence-electron chi connectivity index (χ2n) is 6.59. The first kappa shape index (κ1) is 16.7. The molecular formula is C16H26O4. The van der Waals surface area contributed by atoms with Crippen LogP contribution >= 0.6 is 0 Å². The Balaban J connectivity index is 3.27. The van der Waals surface area contributed by atoms with Gasteiger partial charge in [0.15, 0.2) is 0 Å². The van der Waals surface area contributed by atoms with Crippen molar-refractivity contribution in [3.63, 3.8) is 0 Å². The van der Waals surface area contributed by atoms with E-state index in [0.29, 0.717) is 17.6 Å². The van der Waals surface area contributed by atoms with Gasteiger partial charge in [-0.15, -0.1) is 0 Å². The number of carbonyl (C=O) groups is 2. The van der Waals surface area contributed by atoms with E-state index in [0.717, 1.165) is 25.7 Å². The number of hydrogen-bond acceptors (Lipinski definition) is 4. The van der Waals surface area contributed by atoms with Gasteiger partial charge in [0.05, 0.1) is 19.8 Å². The molecular weight excluding hydrogens is 256 g/mol. The summed E-state index contributed by atoms with van der Waals surface area (Å²) in [5.74, 6) is -0.673. The van der Waals surface area contributed by atoms with Gasteiger partial charge in [0.25, 0.3) is 0 Å². The zero-order valence-electron chi connectivity index (χ0n) is 13.2. The van der Waals surface area contributed by atoms with Crippen LogP contribution in [-0.4, -0.2) is 26.2 Å². The summed E-state index contributed by atoms with van der Waals surface area (Å²) < 4.78 is 9.80. The van der Waals surface area contributed by atoms with Crippen molar-refractivity contribution in [2.45, 2.75) is 52.9 Å². The first-order chi connectivity index (χ1) is 9.30. The molecule has 0 amide bonds. The molecule has 1 aliphatic carbocycles. The fourth-order valence-electron chi connectivity index (χ4n) is 2.79. The number of esters is 2. The Kier molecular flexibility index (Phi) is 5.78. The molecule has 4 nitrogen and oxygen atoms in total. The molecule has 0 atom stereocenters. The van der Waals surface area contributed by atoms with E-state index >= 15 is 0 Å². The molecule has 1 aliphatic rings. The Morgan fingerprint density at radius 1 is 1.00 bits per heavy atom. The minimum Gasteiger partial charge on any atom is -0.466 e. The zero-order chi connectivity index (χ0) is 15.3. The van der Waals surface area contributed by atoms with E-state index in [1.807, 2.05) is 20.8 Å². The van der Waals surface area contributed by atoms with E-state index < -0.39 is 5.97 Å². The van der Waals surface area contributed by atoms with Crippen LogP contribution in [0.4, 0.5) is 0 Å². The molecule has 0 N–H and O–H groups in total. The Bertz CT molecular complexity index is 395. The molecule has 4 heteroatoms. The molecule has 0 aromatic heterocycles. The van der Waals surface area contributed by atoms with Crippen LogP contribution in [0.25, 0.3) is 0 Å². The highest BCUT2D eigenvalue weighted by Crippen LogP contribution is 2.37. The summed E-state index contributed by atoms with van der Waals surface area (Å²) in [6.07, 6.45) is 4.58. The van der Waals surface area contributed by atoms with Gasteiger partial charge in [-0.05, 0) is 30.6 Å². The average Bonchev–Trinajstić information content (AvgIpc) is 2.89. The van der Waals surface area contributed by atoms with Gasteiger partial charge in [-0.3, -0.25) is 0 Å². The van der Waals surface area contributed by atoms with Gasteiger partial charge in [-0.2, -0.15) is 0 Å². The summed E-state index contributed by atoms with van der Waals surface area (Å²) in [6, 6.07) is 0. The van der Waals surface area contributed by atoms with Gasteiger partial charge in [0, 0.05) is 5.57 Å². The molecule has 0 aromatic carbocycles. The van der Waals surface area contributed by atoms with Gasteiger partial charge in [-0.1, -0.05) is 33.6 Å². The maximum absolute atomic E-state index is 12.2. The second-order valence-corrected chi connectivity index (χ2v) is 6.59. The van der Waals surface area contributed by atoms with Gasteiger partial charge < -0.3 is 9.47 Å². The van der Waals surface area contributed by atoms with Crippen LogP contribution in [0, 0.1) is 11.3 Å². The van der Waals surface area contributed by atoms with E-state index in [-0.39, 0.29) is 17.3 Å². The molecule has 114 valence electrons. The molecule has 1 saturated carbocycles. The number of hydrogen-bond donors (Lipinski definition) is 0. The van der Waals surface area contributed by atoms with Crippen LogP contribution in [0.3, 0.4) is 0 Å². The monoisotopic (exact) mass is 282 g/mol. The molecule has 0 radical (unpaired) electrons. The predicted octanol–water partition coefficient (Wildman–Crippen LogP) is 3.26. The summed E-state index contributed by atoms with van der Waals surface area (Å²) in [7, 11) is 2.72. The highest BCUT2D eigenvalue weighted by molar-refractivity contribution is 6.00. The topological polar surface area (TPSA) is 52.6 Å². The first-order valence-corrected chi connectivity index (χ1v) is 7.20. The zero-order valence-corrected chi connectivity index (χ0v) is 13.2. The Morgan fingerprint density at radius 3 is 1.90 bits per heavy atom. The SMILES string of the molecule is COC(=O)/C(CC(C)(C)C)=C(\C(=O)OC)C1CCCC1. The van der Waals surface area contributed by atoms with Crippen molar-refractivity contribution in [2.24, 2.45) is 11.3 Å². The number of ether oxygens (including phenoxy) is 2. The van der Waals surface area contributed by atoms with Crippen molar-refractivity contribution in [1.82, 2.24) is 0 Å². The standard InChI is InChI=1S/C16H26O4/c1-16(2,3)10-12(14(17)19-4)13(15(18)20-5)11-8-6-7-9-11/h11H,6-10H2,1-5H3/b13-12-. The minimum absolute atomic E-state index is 0.0958. The molecule has 0 aliphatic heterocycles. The van der Waals surface area contributed by atoms with Crippen molar-refractivity contribution in [1.29, 1.82) is 0 Å². The Labute approximate surface area is 121 Å². The third kappa shape index (κ3) is 4.36. The Morgan fingerprint density at radius 2 is 1.50 bits per heavy atom. The number of carbonyl (C=O) groups excluding carboxylic acids is 2. The first-order valence-electron chi connectivity index (χ1n) is 7.20. The van der Waals surface area contributed by atoms with Crippen LogP contribution in [0.1, 0.15) is 52.9 Å². The van der Waals surface area contributed by atoms with Crippen LogP contribution in [0.5, 0.6) is 0 Å². The van der Waals surface area contributed by atoms with Crippen molar-refractivity contribution in [3.8, 4) is 0 Å². The van der Waals surface area contributed by atoms with Crippen molar-refractivity contribution < 1.29 is 19.1 Å². The van der Waals surface area contributed by atoms with Crippen LogP contribution in [0.2, 0.25) is 0 Å². The third-order valence-corrected chi connectivity index (χ3v) is 3.63. The quantitative estimate of drug-likeness (QED) is 0.586. The van der Waals surface area contributed by atoms with Crippen LogP contribution in [0.15, 0.2) is 11.1 Å². The number of rotatable bonds is 4. The molecule has 0 heterocycles. The van der Waals surface area contributed by atoms with E-state index in [2.05, 4.69) is 0 Å². The highest BCUT2D eigenvalue weighted by atomic mass is 16.5. The maximum atomic E-state index is 12.2. The number of methoxy groups -OCH3 is 2. The fraction of sp³-hybridized carbons (Fsp3) is 0.750. The van der Waals surface area contributed by atoms with Crippen molar-refractivity contribution in [3.05, 3.63) is 11.1 Å². The van der Waals surface area contributed by atoms with E-state index in [4.69, 9.17) is 9.47 Å². The van der Waals surface area contributed by atoms with Gasteiger partial charge in [0.2, 0.25) is 0 Å². The molecule has 1 rings (SSSR count). The van der Waals surface area contributed by atoms with Crippen molar-refractivity contribution >= 4 is 11.9 Å². The van der Waals surface area contributed by atoms with Crippen LogP contribution in [-0.2, 0) is 19.1 Å². The summed E-state index contributed by atoms with van der Waals surface area (Å²) >= 11 is 0. The highest BCUT2D eigenvalue weighted by Gasteiger charge is 2.33. The average molecular weight is 282 g/mol. The second kappa shape index (κ2) is 6.91. The van der Waals surface area contributed by atoms with Gasteiger partial charge in [-0.25, -0.2) is 9.59 Å². The lowest BCUT2D eigenvalue weighted by Gasteiger charge is -2.23. The third-order valence-electron chi connectivity index (χ3n) is 3.63. The summed E-state index contributed by atoms with van der Waals surface area (Å²) in [4.78, 5) is 24.3. The van der Waals surface area contributed by atoms with E-state index in [9.17, 15) is 9.59 Å². The molecule has 0 saturated heterocycles. The normalized spacial score (nSPS) is 17.6. The minimum atomic E-state index is -0.410. The summed E-state index contributed by atoms with van der Waals surface area (Å²) in [6.45, 7) is 6.12. The lowest BCUT2D eigenvalue weighted by Crippen LogP contribution is -2.23. The fourth-order valence-corrected chi connectivity index (χ4v) is 2.79. The molecule has 0 aromatic rings. The van der Waals surface area contributed by atoms with E-state index in [1.54, 1.807) is 0 Å². The molecule has 0 unspecified atom stereocenters. The Hall–Kier alpha value is -1.32. The molecule has 1 fully saturated rings. The molecule has 20 heavy (non-hydrogen) atoms. The van der Waals surface area contributed by atoms with E-state index in [1.165, 1.54) is 14.2 Å². The van der Waals surface area contributed by atoms with Crippen molar-refractivity contribution in [2.75, 3.05) is 14.2 Å². The largest absolute Gasteiger partial charge is 0.466 e. The summed E-state index contributed by atoms with van der Waals surface area (Å²) in [5, 5.41) is 0. The van der Waals surface area contributed by atoms with Gasteiger partial charge in [0.1, 0.15) is 0 Å². The smallest absolute Gasteiger partial charge is 0.334 e.